The van der Waals surface area contributed by atoms with Crippen molar-refractivity contribution >= 4 is 38.6 Å². The zero-order chi connectivity index (χ0) is 35.0. The number of ether oxygens (including phenoxy) is 2. The standard InChI is InChI=1S/C37H43N5O7S/c1-48-25-14-17-28-31(18-25)39-30(23-10-6-5-7-11-23)20-33(28)49-26-19-32-34(43)40-37(36(45)41-50(46,47)27-15-16-27)21-24(37)12-8-3-2-4-9-13-29(38)35(44)42(32)22-26/h5-8,10-12,14,17-18,20,24,26-27,29,32H,2-4,9,13,15-16,19,21-22,38H2,1H3,(H,40,43)(H,41,45)/t24-,26-,29+,32+,37-/m1/s1. The lowest BCUT2D eigenvalue weighted by atomic mass is 10.1. The molecular formula is C37H43N5O7S. The molecule has 3 aromatic rings. The van der Waals surface area contributed by atoms with E-state index in [0.29, 0.717) is 42.0 Å². The zero-order valence-corrected chi connectivity index (χ0v) is 28.9. The average molecular weight is 702 g/mol. The summed E-state index contributed by atoms with van der Waals surface area (Å²) in [6.45, 7) is 0.101. The minimum absolute atomic E-state index is 0.101. The molecule has 1 saturated heterocycles. The number of pyridine rings is 1. The Hall–Kier alpha value is -4.49. The largest absolute Gasteiger partial charge is 0.497 e. The molecule has 264 valence electrons. The van der Waals surface area contributed by atoms with E-state index in [9.17, 15) is 22.8 Å². The first-order valence-electron chi connectivity index (χ1n) is 17.4. The highest BCUT2D eigenvalue weighted by Gasteiger charge is 2.62. The smallest absolute Gasteiger partial charge is 0.259 e. The Balaban J connectivity index is 1.19. The molecule has 0 unspecified atom stereocenters. The van der Waals surface area contributed by atoms with Crippen molar-refractivity contribution in [3.8, 4) is 22.8 Å². The van der Waals surface area contributed by atoms with E-state index in [0.717, 1.165) is 36.6 Å². The number of carbonyl (C=O) groups is 3. The van der Waals surface area contributed by atoms with Crippen molar-refractivity contribution in [2.45, 2.75) is 86.8 Å². The van der Waals surface area contributed by atoms with E-state index >= 15 is 0 Å². The van der Waals surface area contributed by atoms with Gasteiger partial charge < -0.3 is 25.4 Å². The number of nitrogens with one attached hydrogen (secondary N) is 2. The van der Waals surface area contributed by atoms with Gasteiger partial charge in [0.1, 0.15) is 29.2 Å². The van der Waals surface area contributed by atoms with Crippen molar-refractivity contribution in [3.05, 3.63) is 66.7 Å². The summed E-state index contributed by atoms with van der Waals surface area (Å²) in [5.41, 5.74) is 7.23. The van der Waals surface area contributed by atoms with Crippen LogP contribution >= 0.6 is 0 Å². The van der Waals surface area contributed by atoms with Gasteiger partial charge in [-0.05, 0) is 50.7 Å². The Morgan fingerprint density at radius 3 is 2.62 bits per heavy atom. The molecule has 4 N–H and O–H groups in total. The number of hydrogen-bond donors (Lipinski definition) is 3. The highest BCUT2D eigenvalue weighted by Crippen LogP contribution is 2.46. The molecule has 13 heteroatoms. The molecule has 0 spiro atoms. The number of rotatable bonds is 7. The molecule has 2 aliphatic carbocycles. The third-order valence-electron chi connectivity index (χ3n) is 10.2. The van der Waals surface area contributed by atoms with Gasteiger partial charge >= 0.3 is 0 Å². The highest BCUT2D eigenvalue weighted by atomic mass is 32.2. The van der Waals surface area contributed by atoms with Crippen LogP contribution in [0.4, 0.5) is 0 Å². The maximum Gasteiger partial charge on any atom is 0.259 e. The van der Waals surface area contributed by atoms with Gasteiger partial charge in [0.2, 0.25) is 21.8 Å². The summed E-state index contributed by atoms with van der Waals surface area (Å²) >= 11 is 0. The quantitative estimate of drug-likeness (QED) is 0.312. The number of hydrogen-bond acceptors (Lipinski definition) is 9. The topological polar surface area (TPSA) is 170 Å². The normalized spacial score (nSPS) is 27.4. The molecule has 0 radical (unpaired) electrons. The molecule has 7 rings (SSSR count). The molecule has 3 fully saturated rings. The molecule has 2 aliphatic heterocycles. The van der Waals surface area contributed by atoms with Gasteiger partial charge in [0.15, 0.2) is 0 Å². The second kappa shape index (κ2) is 13.7. The number of fused-ring (bicyclic) bond motifs is 3. The van der Waals surface area contributed by atoms with E-state index in [1.165, 1.54) is 4.90 Å². The van der Waals surface area contributed by atoms with Crippen LogP contribution < -0.4 is 25.2 Å². The van der Waals surface area contributed by atoms with Crippen LogP contribution in [-0.2, 0) is 24.4 Å². The lowest BCUT2D eigenvalue weighted by molar-refractivity contribution is -0.140. The lowest BCUT2D eigenvalue weighted by Crippen LogP contribution is -2.57. The fraction of sp³-hybridized carbons (Fsp3) is 0.459. The van der Waals surface area contributed by atoms with Crippen LogP contribution in [0.15, 0.2) is 66.7 Å². The van der Waals surface area contributed by atoms with E-state index in [1.54, 1.807) is 7.11 Å². The summed E-state index contributed by atoms with van der Waals surface area (Å²) in [6.07, 6.45) is 8.44. The van der Waals surface area contributed by atoms with Gasteiger partial charge in [0.25, 0.3) is 5.91 Å². The van der Waals surface area contributed by atoms with Gasteiger partial charge in [-0.1, -0.05) is 55.3 Å². The lowest BCUT2D eigenvalue weighted by Gasteiger charge is -2.28. The van der Waals surface area contributed by atoms with E-state index < -0.39 is 50.8 Å². The Kier molecular flexibility index (Phi) is 9.29. The molecule has 3 amide bonds. The molecule has 0 bridgehead atoms. The average Bonchev–Trinajstić information content (AvgIpc) is 4.04. The number of aromatic nitrogens is 1. The molecule has 1 aromatic heterocycles. The van der Waals surface area contributed by atoms with Crippen molar-refractivity contribution in [1.29, 1.82) is 0 Å². The molecule has 50 heavy (non-hydrogen) atoms. The Morgan fingerprint density at radius 2 is 1.86 bits per heavy atom. The highest BCUT2D eigenvalue weighted by molar-refractivity contribution is 7.91. The van der Waals surface area contributed by atoms with Crippen LogP contribution in [0.1, 0.15) is 57.8 Å². The van der Waals surface area contributed by atoms with Crippen LogP contribution in [-0.4, -0.2) is 78.7 Å². The van der Waals surface area contributed by atoms with E-state index in [1.807, 2.05) is 66.7 Å². The minimum atomic E-state index is -3.84. The second-order valence-electron chi connectivity index (χ2n) is 13.9. The first-order valence-corrected chi connectivity index (χ1v) is 18.9. The molecule has 2 aromatic carbocycles. The summed E-state index contributed by atoms with van der Waals surface area (Å²) in [5.74, 6) is -0.849. The van der Waals surface area contributed by atoms with Crippen molar-refractivity contribution in [2.75, 3.05) is 13.7 Å². The summed E-state index contributed by atoms with van der Waals surface area (Å²) in [5, 5.41) is 3.05. The summed E-state index contributed by atoms with van der Waals surface area (Å²) in [7, 11) is -2.25. The van der Waals surface area contributed by atoms with Crippen LogP contribution in [0.5, 0.6) is 11.5 Å². The molecule has 2 saturated carbocycles. The van der Waals surface area contributed by atoms with Gasteiger partial charge in [-0.15, -0.1) is 0 Å². The maximum absolute atomic E-state index is 14.2. The van der Waals surface area contributed by atoms with Crippen LogP contribution in [0.2, 0.25) is 0 Å². The molecule has 3 heterocycles. The number of carbonyl (C=O) groups excluding carboxylic acids is 3. The first kappa shape index (κ1) is 34.0. The predicted molar refractivity (Wildman–Crippen MR) is 188 cm³/mol. The Morgan fingerprint density at radius 1 is 1.06 bits per heavy atom. The number of amides is 3. The first-order chi connectivity index (χ1) is 24.1. The van der Waals surface area contributed by atoms with Crippen molar-refractivity contribution in [3.63, 3.8) is 0 Å². The maximum atomic E-state index is 14.2. The Bertz CT molecular complexity index is 1930. The number of methoxy groups -OCH3 is 1. The summed E-state index contributed by atoms with van der Waals surface area (Å²) < 4.78 is 39.8. The fourth-order valence-corrected chi connectivity index (χ4v) is 8.44. The van der Waals surface area contributed by atoms with Gasteiger partial charge in [0.05, 0.1) is 36.2 Å². The summed E-state index contributed by atoms with van der Waals surface area (Å²) in [4.78, 5) is 48.0. The van der Waals surface area contributed by atoms with Gasteiger partial charge in [-0.3, -0.25) is 19.1 Å². The minimum Gasteiger partial charge on any atom is -0.497 e. The van der Waals surface area contributed by atoms with Crippen molar-refractivity contribution in [2.24, 2.45) is 11.7 Å². The van der Waals surface area contributed by atoms with Crippen LogP contribution in [0.25, 0.3) is 22.2 Å². The third-order valence-corrected chi connectivity index (χ3v) is 12.0. The number of sulfonamides is 1. The predicted octanol–water partition coefficient (Wildman–Crippen LogP) is 3.59. The summed E-state index contributed by atoms with van der Waals surface area (Å²) in [6, 6.07) is 15.3. The van der Waals surface area contributed by atoms with Gasteiger partial charge in [0, 0.05) is 35.4 Å². The van der Waals surface area contributed by atoms with Crippen molar-refractivity contribution in [1.82, 2.24) is 19.9 Å². The Labute approximate surface area is 291 Å². The molecule has 4 aliphatic rings. The SMILES string of the molecule is COc1ccc2c(O[C@@H]3C[C@H]4C(=O)N[C@]5(C(=O)NS(=O)(=O)C6CC6)C[C@H]5C=CCCCCC[C@H](N)C(=O)N4C3)cc(-c3ccccc3)nc2c1. The van der Waals surface area contributed by atoms with Crippen LogP contribution in [0.3, 0.4) is 0 Å². The third kappa shape index (κ3) is 6.93. The fourth-order valence-electron chi connectivity index (χ4n) is 7.08. The monoisotopic (exact) mass is 701 g/mol. The van der Waals surface area contributed by atoms with E-state index in [4.69, 9.17) is 20.2 Å². The molecular weight excluding hydrogens is 659 g/mol. The molecule has 12 nitrogen and oxygen atoms in total. The molecule has 5 atom stereocenters. The number of allylic oxidation sites excluding steroid dienone is 1. The van der Waals surface area contributed by atoms with E-state index in [-0.39, 0.29) is 31.2 Å². The number of nitrogens with two attached hydrogens (primary N) is 1. The van der Waals surface area contributed by atoms with Gasteiger partial charge in [-0.25, -0.2) is 13.4 Å². The number of benzene rings is 2. The van der Waals surface area contributed by atoms with Crippen LogP contribution in [0, 0.1) is 5.92 Å². The second-order valence-corrected chi connectivity index (χ2v) is 15.8. The van der Waals surface area contributed by atoms with E-state index in [2.05, 4.69) is 10.0 Å². The number of nitrogens with zero attached hydrogens (tertiary/aromatic N) is 2. The van der Waals surface area contributed by atoms with Gasteiger partial charge in [-0.2, -0.15) is 0 Å². The zero-order valence-electron chi connectivity index (χ0n) is 28.0. The van der Waals surface area contributed by atoms with Crippen molar-refractivity contribution < 1.29 is 32.3 Å².